The van der Waals surface area contributed by atoms with Crippen molar-refractivity contribution >= 4 is 5.97 Å². The van der Waals surface area contributed by atoms with Gasteiger partial charge in [-0.15, -0.1) is 0 Å². The van der Waals surface area contributed by atoms with Crippen molar-refractivity contribution in [3.63, 3.8) is 0 Å². The van der Waals surface area contributed by atoms with Gasteiger partial charge in [-0.25, -0.2) is 4.79 Å². The maximum atomic E-state index is 11.1. The molecule has 1 atom stereocenters. The van der Waals surface area contributed by atoms with E-state index in [1.807, 2.05) is 51.1 Å². The second kappa shape index (κ2) is 6.55. The highest BCUT2D eigenvalue weighted by molar-refractivity contribution is 5.90. The summed E-state index contributed by atoms with van der Waals surface area (Å²) in [6, 6.07) is 13.5. The molecule has 0 aromatic heterocycles. The number of aryl methyl sites for hydroxylation is 1. The summed E-state index contributed by atoms with van der Waals surface area (Å²) in [6.07, 6.45) is 0.00524. The Hall–Kier alpha value is -2.13. The molecule has 110 valence electrons. The zero-order chi connectivity index (χ0) is 15.4. The molecule has 0 spiro atoms. The van der Waals surface area contributed by atoms with Crippen molar-refractivity contribution in [2.75, 3.05) is 6.61 Å². The van der Waals surface area contributed by atoms with E-state index in [0.29, 0.717) is 12.2 Å². The summed E-state index contributed by atoms with van der Waals surface area (Å²) in [5.41, 5.74) is 4.31. The molecule has 3 nitrogen and oxygen atoms in total. The highest BCUT2D eigenvalue weighted by atomic mass is 16.5. The van der Waals surface area contributed by atoms with E-state index >= 15 is 0 Å². The zero-order valence-corrected chi connectivity index (χ0v) is 12.6. The molecule has 2 aromatic rings. The summed E-state index contributed by atoms with van der Waals surface area (Å²) in [4.78, 5) is 11.1. The van der Waals surface area contributed by atoms with E-state index in [4.69, 9.17) is 9.84 Å². The van der Waals surface area contributed by atoms with Gasteiger partial charge in [0.15, 0.2) is 0 Å². The van der Waals surface area contributed by atoms with Gasteiger partial charge in [-0.05, 0) is 49.1 Å². The number of carbonyl (C=O) groups is 1. The Kier molecular flexibility index (Phi) is 4.76. The second-order valence-corrected chi connectivity index (χ2v) is 5.02. The molecule has 1 unspecified atom stereocenters. The van der Waals surface area contributed by atoms with Crippen LogP contribution in [0.2, 0.25) is 0 Å². The summed E-state index contributed by atoms with van der Waals surface area (Å²) >= 11 is 0. The van der Waals surface area contributed by atoms with Crippen molar-refractivity contribution in [2.24, 2.45) is 0 Å². The van der Waals surface area contributed by atoms with Crippen LogP contribution in [-0.4, -0.2) is 17.7 Å². The lowest BCUT2D eigenvalue weighted by atomic mass is 9.94. The topological polar surface area (TPSA) is 46.5 Å². The fourth-order valence-electron chi connectivity index (χ4n) is 2.53. The van der Waals surface area contributed by atoms with E-state index in [1.165, 1.54) is 0 Å². The number of rotatable bonds is 5. The smallest absolute Gasteiger partial charge is 0.335 e. The minimum Gasteiger partial charge on any atom is -0.478 e. The maximum Gasteiger partial charge on any atom is 0.335 e. The van der Waals surface area contributed by atoms with Crippen LogP contribution in [-0.2, 0) is 4.74 Å². The van der Waals surface area contributed by atoms with E-state index < -0.39 is 5.97 Å². The molecule has 0 heterocycles. The van der Waals surface area contributed by atoms with E-state index in [1.54, 1.807) is 6.07 Å². The summed E-state index contributed by atoms with van der Waals surface area (Å²) in [7, 11) is 0. The van der Waals surface area contributed by atoms with E-state index in [2.05, 4.69) is 6.07 Å². The predicted octanol–water partition coefficient (Wildman–Crippen LogP) is 4.46. The van der Waals surface area contributed by atoms with Gasteiger partial charge in [-0.3, -0.25) is 0 Å². The highest BCUT2D eigenvalue weighted by Crippen LogP contribution is 2.31. The first-order valence-corrected chi connectivity index (χ1v) is 7.09. The molecule has 0 radical (unpaired) electrons. The Balaban J connectivity index is 2.47. The Bertz CT molecular complexity index is 647. The average molecular weight is 284 g/mol. The first kappa shape index (κ1) is 15.3. The van der Waals surface area contributed by atoms with Crippen molar-refractivity contribution in [1.29, 1.82) is 0 Å². The van der Waals surface area contributed by atoms with Crippen LogP contribution in [0.4, 0.5) is 0 Å². The first-order valence-electron chi connectivity index (χ1n) is 7.09. The summed E-state index contributed by atoms with van der Waals surface area (Å²) in [5.74, 6) is -0.894. The molecule has 0 aliphatic carbocycles. The number of aromatic carboxylic acids is 1. The molecule has 0 aliphatic rings. The van der Waals surface area contributed by atoms with Gasteiger partial charge in [0.2, 0.25) is 0 Å². The molecule has 0 amide bonds. The minimum atomic E-state index is -0.894. The van der Waals surface area contributed by atoms with Crippen LogP contribution in [0.3, 0.4) is 0 Å². The molecular formula is C18H20O3. The molecule has 1 N–H and O–H groups in total. The van der Waals surface area contributed by atoms with Crippen molar-refractivity contribution in [3.8, 4) is 11.1 Å². The van der Waals surface area contributed by atoms with Gasteiger partial charge in [0, 0.05) is 6.61 Å². The number of ether oxygens (including phenoxy) is 1. The molecule has 0 aliphatic heterocycles. The summed E-state index contributed by atoms with van der Waals surface area (Å²) < 4.78 is 5.69. The molecule has 2 aromatic carbocycles. The average Bonchev–Trinajstić information content (AvgIpc) is 2.47. The largest absolute Gasteiger partial charge is 0.478 e. The van der Waals surface area contributed by atoms with Gasteiger partial charge < -0.3 is 9.84 Å². The quantitative estimate of drug-likeness (QED) is 0.881. The molecule has 0 fully saturated rings. The molecular weight excluding hydrogens is 264 g/mol. The van der Waals surface area contributed by atoms with Gasteiger partial charge in [-0.1, -0.05) is 36.4 Å². The van der Waals surface area contributed by atoms with Crippen molar-refractivity contribution in [1.82, 2.24) is 0 Å². The lowest BCUT2D eigenvalue weighted by Crippen LogP contribution is -2.03. The Morgan fingerprint density at radius 3 is 2.57 bits per heavy atom. The van der Waals surface area contributed by atoms with Crippen molar-refractivity contribution in [3.05, 3.63) is 59.2 Å². The molecule has 2 rings (SSSR count). The molecule has 0 saturated carbocycles. The fourth-order valence-corrected chi connectivity index (χ4v) is 2.53. The third kappa shape index (κ3) is 3.31. The number of carboxylic acids is 1. The summed E-state index contributed by atoms with van der Waals surface area (Å²) in [5, 5.41) is 9.12. The van der Waals surface area contributed by atoms with Gasteiger partial charge in [0.1, 0.15) is 0 Å². The third-order valence-corrected chi connectivity index (χ3v) is 3.58. The van der Waals surface area contributed by atoms with Gasteiger partial charge in [0.05, 0.1) is 11.7 Å². The maximum absolute atomic E-state index is 11.1. The SMILES string of the molecule is CCOC(C)c1ccccc1-c1ccc(C(=O)O)c(C)c1. The predicted molar refractivity (Wildman–Crippen MR) is 83.6 cm³/mol. The molecule has 3 heteroatoms. The Morgan fingerprint density at radius 1 is 1.24 bits per heavy atom. The lowest BCUT2D eigenvalue weighted by molar-refractivity contribution is 0.0696. The van der Waals surface area contributed by atoms with Crippen LogP contribution in [0, 0.1) is 6.92 Å². The molecule has 0 saturated heterocycles. The van der Waals surface area contributed by atoms with Crippen LogP contribution in [0.15, 0.2) is 42.5 Å². The molecule has 0 bridgehead atoms. The fraction of sp³-hybridized carbons (Fsp3) is 0.278. The van der Waals surface area contributed by atoms with Crippen LogP contribution >= 0.6 is 0 Å². The van der Waals surface area contributed by atoms with Gasteiger partial charge in [0.25, 0.3) is 0 Å². The van der Waals surface area contributed by atoms with Crippen molar-refractivity contribution < 1.29 is 14.6 Å². The number of benzene rings is 2. The normalized spacial score (nSPS) is 12.1. The minimum absolute atomic E-state index is 0.00524. The van der Waals surface area contributed by atoms with Crippen molar-refractivity contribution in [2.45, 2.75) is 26.9 Å². The standard InChI is InChI=1S/C18H20O3/c1-4-21-13(3)16-7-5-6-8-17(16)14-9-10-15(18(19)20)12(2)11-14/h5-11,13H,4H2,1-3H3,(H,19,20). The van der Waals surface area contributed by atoms with E-state index in [9.17, 15) is 4.79 Å². The van der Waals surface area contributed by atoms with E-state index in [0.717, 1.165) is 22.3 Å². The van der Waals surface area contributed by atoms with E-state index in [-0.39, 0.29) is 6.10 Å². The lowest BCUT2D eigenvalue weighted by Gasteiger charge is -2.17. The van der Waals surface area contributed by atoms with Gasteiger partial charge >= 0.3 is 5.97 Å². The third-order valence-electron chi connectivity index (χ3n) is 3.58. The number of carboxylic acid groups (broad SMARTS) is 1. The van der Waals surface area contributed by atoms with Gasteiger partial charge in [-0.2, -0.15) is 0 Å². The number of hydrogen-bond donors (Lipinski definition) is 1. The Morgan fingerprint density at radius 2 is 1.95 bits per heavy atom. The zero-order valence-electron chi connectivity index (χ0n) is 12.6. The van der Waals surface area contributed by atoms with Crippen LogP contribution in [0.25, 0.3) is 11.1 Å². The molecule has 21 heavy (non-hydrogen) atoms. The summed E-state index contributed by atoms with van der Waals surface area (Å²) in [6.45, 7) is 6.49. The monoisotopic (exact) mass is 284 g/mol. The van der Waals surface area contributed by atoms with Crippen LogP contribution in [0.5, 0.6) is 0 Å². The van der Waals surface area contributed by atoms with Crippen LogP contribution < -0.4 is 0 Å². The van der Waals surface area contributed by atoms with Crippen LogP contribution in [0.1, 0.15) is 41.4 Å². The Labute approximate surface area is 125 Å². The second-order valence-electron chi connectivity index (χ2n) is 5.02. The highest BCUT2D eigenvalue weighted by Gasteiger charge is 2.13. The number of hydrogen-bond acceptors (Lipinski definition) is 2. The first-order chi connectivity index (χ1) is 10.0.